The zero-order chi connectivity index (χ0) is 13.1. The van der Waals surface area contributed by atoms with Crippen molar-refractivity contribution >= 4 is 11.7 Å². The maximum atomic E-state index is 10.9. The van der Waals surface area contributed by atoms with Crippen LogP contribution in [-0.4, -0.2) is 11.1 Å². The number of nitrogens with zero attached hydrogens (tertiary/aromatic N) is 1. The Morgan fingerprint density at radius 2 is 1.89 bits per heavy atom. The van der Waals surface area contributed by atoms with Crippen LogP contribution in [0.1, 0.15) is 15.9 Å². The van der Waals surface area contributed by atoms with Crippen LogP contribution in [0, 0.1) is 11.3 Å². The molecule has 0 amide bonds. The highest BCUT2D eigenvalue weighted by atomic mass is 16.4. The van der Waals surface area contributed by atoms with Gasteiger partial charge in [0.25, 0.3) is 0 Å². The molecule has 2 rings (SSSR count). The maximum absolute atomic E-state index is 10.9. The van der Waals surface area contributed by atoms with Crippen LogP contribution in [0.4, 0.5) is 5.69 Å². The smallest absolute Gasteiger partial charge is 0.335 e. The van der Waals surface area contributed by atoms with Crippen LogP contribution in [0.5, 0.6) is 0 Å². The summed E-state index contributed by atoms with van der Waals surface area (Å²) >= 11 is 0. The van der Waals surface area contributed by atoms with Crippen molar-refractivity contribution < 1.29 is 9.90 Å². The van der Waals surface area contributed by atoms with Gasteiger partial charge in [-0.2, -0.15) is 5.26 Å². The first-order valence-corrected chi connectivity index (χ1v) is 5.25. The molecule has 88 valence electrons. The van der Waals surface area contributed by atoms with E-state index in [0.29, 0.717) is 11.3 Å². The summed E-state index contributed by atoms with van der Waals surface area (Å²) in [6.45, 7) is 0. The fourth-order valence-corrected chi connectivity index (χ4v) is 1.66. The molecule has 4 nitrogen and oxygen atoms in total. The summed E-state index contributed by atoms with van der Waals surface area (Å²) < 4.78 is 0. The second-order valence-electron chi connectivity index (χ2n) is 3.80. The van der Waals surface area contributed by atoms with Crippen molar-refractivity contribution in [3.05, 3.63) is 53.6 Å². The van der Waals surface area contributed by atoms with Crippen molar-refractivity contribution in [2.75, 3.05) is 5.73 Å². The normalized spacial score (nSPS) is 9.72. The second kappa shape index (κ2) is 4.60. The lowest BCUT2D eigenvalue weighted by atomic mass is 10.0. The Labute approximate surface area is 104 Å². The van der Waals surface area contributed by atoms with Crippen molar-refractivity contribution in [2.45, 2.75) is 0 Å². The van der Waals surface area contributed by atoms with E-state index in [4.69, 9.17) is 16.1 Å². The number of hydrogen-bond acceptors (Lipinski definition) is 3. The first-order chi connectivity index (χ1) is 8.61. The predicted molar refractivity (Wildman–Crippen MR) is 68.0 cm³/mol. The van der Waals surface area contributed by atoms with Crippen molar-refractivity contribution in [2.24, 2.45) is 0 Å². The first kappa shape index (κ1) is 11.7. The van der Waals surface area contributed by atoms with Crippen LogP contribution < -0.4 is 5.73 Å². The summed E-state index contributed by atoms with van der Waals surface area (Å²) in [5.41, 5.74) is 8.16. The minimum Gasteiger partial charge on any atom is -0.478 e. The highest BCUT2D eigenvalue weighted by Crippen LogP contribution is 2.24. The molecule has 18 heavy (non-hydrogen) atoms. The fraction of sp³-hybridized carbons (Fsp3) is 0. The molecular weight excluding hydrogens is 228 g/mol. The molecule has 0 bridgehead atoms. The lowest BCUT2D eigenvalue weighted by Gasteiger charge is -2.05. The number of carboxylic acid groups (broad SMARTS) is 1. The summed E-state index contributed by atoms with van der Waals surface area (Å²) in [6.07, 6.45) is 0. The van der Waals surface area contributed by atoms with Gasteiger partial charge in [-0.3, -0.25) is 0 Å². The Morgan fingerprint density at radius 3 is 2.56 bits per heavy atom. The molecule has 2 aromatic carbocycles. The van der Waals surface area contributed by atoms with Gasteiger partial charge in [-0.25, -0.2) is 4.79 Å². The Balaban J connectivity index is 2.52. The lowest BCUT2D eigenvalue weighted by molar-refractivity contribution is 0.0697. The van der Waals surface area contributed by atoms with E-state index < -0.39 is 5.97 Å². The lowest BCUT2D eigenvalue weighted by Crippen LogP contribution is -1.96. The van der Waals surface area contributed by atoms with Crippen molar-refractivity contribution in [3.8, 4) is 17.2 Å². The number of rotatable bonds is 2. The maximum Gasteiger partial charge on any atom is 0.335 e. The van der Waals surface area contributed by atoms with Gasteiger partial charge in [0.05, 0.1) is 11.1 Å². The average molecular weight is 238 g/mol. The van der Waals surface area contributed by atoms with E-state index in [2.05, 4.69) is 0 Å². The number of nitriles is 1. The Kier molecular flexibility index (Phi) is 2.98. The van der Waals surface area contributed by atoms with Crippen LogP contribution >= 0.6 is 0 Å². The van der Waals surface area contributed by atoms with Gasteiger partial charge in [0.15, 0.2) is 0 Å². The number of carbonyl (C=O) groups is 1. The van der Waals surface area contributed by atoms with Gasteiger partial charge in [0.1, 0.15) is 6.07 Å². The number of nitrogens with two attached hydrogens (primary N) is 1. The van der Waals surface area contributed by atoms with E-state index in [1.807, 2.05) is 6.07 Å². The van der Waals surface area contributed by atoms with Crippen LogP contribution in [0.3, 0.4) is 0 Å². The van der Waals surface area contributed by atoms with Crippen LogP contribution in [0.25, 0.3) is 11.1 Å². The average Bonchev–Trinajstić information content (AvgIpc) is 2.39. The Hall–Kier alpha value is -2.80. The molecule has 0 heterocycles. The Morgan fingerprint density at radius 1 is 1.17 bits per heavy atom. The molecule has 0 unspecified atom stereocenters. The number of benzene rings is 2. The van der Waals surface area contributed by atoms with E-state index in [1.54, 1.807) is 36.4 Å². The summed E-state index contributed by atoms with van der Waals surface area (Å²) in [7, 11) is 0. The number of carboxylic acids is 1. The van der Waals surface area contributed by atoms with Crippen LogP contribution in [0.2, 0.25) is 0 Å². The molecule has 0 aliphatic heterocycles. The summed E-state index contributed by atoms with van der Waals surface area (Å²) in [4.78, 5) is 10.9. The molecule has 0 aliphatic carbocycles. The molecule has 2 aromatic rings. The third-order valence-electron chi connectivity index (χ3n) is 2.62. The topological polar surface area (TPSA) is 87.1 Å². The van der Waals surface area contributed by atoms with Crippen molar-refractivity contribution in [1.29, 1.82) is 5.26 Å². The molecule has 0 saturated heterocycles. The van der Waals surface area contributed by atoms with E-state index in [-0.39, 0.29) is 5.56 Å². The van der Waals surface area contributed by atoms with E-state index in [0.717, 1.165) is 11.1 Å². The number of aromatic carboxylic acids is 1. The number of nitrogen functional groups attached to an aromatic ring is 1. The standard InChI is InChI=1S/C14H10N2O2/c15-8-12-7-10(4-5-13(12)16)9-2-1-3-11(6-9)14(17)18/h1-7H,16H2,(H,17,18). The monoisotopic (exact) mass is 238 g/mol. The number of anilines is 1. The molecule has 0 saturated carbocycles. The SMILES string of the molecule is N#Cc1cc(-c2cccc(C(=O)O)c2)ccc1N. The molecule has 0 aromatic heterocycles. The third kappa shape index (κ3) is 2.15. The summed E-state index contributed by atoms with van der Waals surface area (Å²) in [5, 5.41) is 17.8. The molecule has 0 fully saturated rings. The molecule has 0 atom stereocenters. The zero-order valence-electron chi connectivity index (χ0n) is 9.42. The quantitative estimate of drug-likeness (QED) is 0.787. The third-order valence-corrected chi connectivity index (χ3v) is 2.62. The molecular formula is C14H10N2O2. The van der Waals surface area contributed by atoms with E-state index in [1.165, 1.54) is 6.07 Å². The van der Waals surface area contributed by atoms with Gasteiger partial charge in [-0.1, -0.05) is 18.2 Å². The van der Waals surface area contributed by atoms with Gasteiger partial charge in [0.2, 0.25) is 0 Å². The van der Waals surface area contributed by atoms with Gasteiger partial charge in [-0.15, -0.1) is 0 Å². The molecule has 4 heteroatoms. The zero-order valence-corrected chi connectivity index (χ0v) is 9.42. The largest absolute Gasteiger partial charge is 0.478 e. The summed E-state index contributed by atoms with van der Waals surface area (Å²) in [5.74, 6) is -0.979. The van der Waals surface area contributed by atoms with Gasteiger partial charge < -0.3 is 10.8 Å². The van der Waals surface area contributed by atoms with Gasteiger partial charge >= 0.3 is 5.97 Å². The fourth-order valence-electron chi connectivity index (χ4n) is 1.66. The molecule has 3 N–H and O–H groups in total. The molecule has 0 spiro atoms. The Bertz CT molecular complexity index is 657. The van der Waals surface area contributed by atoms with Gasteiger partial charge in [-0.05, 0) is 35.4 Å². The van der Waals surface area contributed by atoms with Crippen LogP contribution in [0.15, 0.2) is 42.5 Å². The second-order valence-corrected chi connectivity index (χ2v) is 3.80. The first-order valence-electron chi connectivity index (χ1n) is 5.25. The van der Waals surface area contributed by atoms with Crippen molar-refractivity contribution in [3.63, 3.8) is 0 Å². The molecule has 0 aliphatic rings. The van der Waals surface area contributed by atoms with Gasteiger partial charge in [0, 0.05) is 5.69 Å². The highest BCUT2D eigenvalue weighted by molar-refractivity contribution is 5.89. The van der Waals surface area contributed by atoms with E-state index >= 15 is 0 Å². The van der Waals surface area contributed by atoms with Crippen molar-refractivity contribution in [1.82, 2.24) is 0 Å². The predicted octanol–water partition coefficient (Wildman–Crippen LogP) is 2.51. The van der Waals surface area contributed by atoms with E-state index in [9.17, 15) is 4.79 Å². The molecule has 0 radical (unpaired) electrons. The van der Waals surface area contributed by atoms with Crippen LogP contribution in [-0.2, 0) is 0 Å². The highest BCUT2D eigenvalue weighted by Gasteiger charge is 2.06. The minimum absolute atomic E-state index is 0.211. The summed E-state index contributed by atoms with van der Waals surface area (Å²) in [6, 6.07) is 13.6. The number of hydrogen-bond donors (Lipinski definition) is 2. The minimum atomic E-state index is -0.979.